The molecule has 2 aromatic carbocycles. The van der Waals surface area contributed by atoms with Crippen molar-refractivity contribution in [3.05, 3.63) is 61.2 Å². The summed E-state index contributed by atoms with van der Waals surface area (Å²) in [6, 6.07) is 13.7. The highest BCUT2D eigenvalue weighted by atomic mass is 32.2. The standard InChI is InChI=1S/C16H15N3O2S2/c1-2-11-19(16-18-14-5-3-4-6-15(14)22-16)23(20,21)13-9-7-12(17)8-10-13/h2-10H,1,11,17H2. The first-order valence-electron chi connectivity index (χ1n) is 6.87. The molecule has 1 aromatic heterocycles. The van der Waals surface area contributed by atoms with E-state index in [2.05, 4.69) is 11.6 Å². The second-order valence-electron chi connectivity index (χ2n) is 4.86. The lowest BCUT2D eigenvalue weighted by atomic mass is 10.3. The third-order valence-electron chi connectivity index (χ3n) is 3.26. The summed E-state index contributed by atoms with van der Waals surface area (Å²) in [4.78, 5) is 4.61. The van der Waals surface area contributed by atoms with Gasteiger partial charge in [-0.15, -0.1) is 6.58 Å². The molecule has 3 aromatic rings. The summed E-state index contributed by atoms with van der Waals surface area (Å²) in [6.45, 7) is 3.80. The molecule has 0 atom stereocenters. The first kappa shape index (κ1) is 15.5. The molecular weight excluding hydrogens is 330 g/mol. The molecule has 0 spiro atoms. The summed E-state index contributed by atoms with van der Waals surface area (Å²) in [5.41, 5.74) is 6.92. The maximum absolute atomic E-state index is 12.9. The zero-order chi connectivity index (χ0) is 16.4. The number of anilines is 2. The lowest BCUT2D eigenvalue weighted by molar-refractivity contribution is 0.593. The van der Waals surface area contributed by atoms with Gasteiger partial charge in [-0.2, -0.15) is 0 Å². The van der Waals surface area contributed by atoms with E-state index >= 15 is 0 Å². The lowest BCUT2D eigenvalue weighted by Crippen LogP contribution is -2.31. The van der Waals surface area contributed by atoms with Gasteiger partial charge in [-0.05, 0) is 36.4 Å². The first-order valence-corrected chi connectivity index (χ1v) is 9.13. The Morgan fingerprint density at radius 3 is 2.52 bits per heavy atom. The second-order valence-corrected chi connectivity index (χ2v) is 7.73. The molecule has 0 bridgehead atoms. The Morgan fingerprint density at radius 2 is 1.87 bits per heavy atom. The van der Waals surface area contributed by atoms with E-state index in [9.17, 15) is 8.42 Å². The molecule has 1 heterocycles. The van der Waals surface area contributed by atoms with Crippen molar-refractivity contribution in [3.63, 3.8) is 0 Å². The van der Waals surface area contributed by atoms with E-state index in [0.717, 1.165) is 10.2 Å². The van der Waals surface area contributed by atoms with Crippen molar-refractivity contribution >= 4 is 42.4 Å². The maximum Gasteiger partial charge on any atom is 0.266 e. The number of thiazole rings is 1. The Bertz CT molecular complexity index is 914. The quantitative estimate of drug-likeness (QED) is 0.569. The normalized spacial score (nSPS) is 11.5. The number of aromatic nitrogens is 1. The highest BCUT2D eigenvalue weighted by Crippen LogP contribution is 2.32. The summed E-state index contributed by atoms with van der Waals surface area (Å²) in [5.74, 6) is 0. The van der Waals surface area contributed by atoms with Crippen molar-refractivity contribution < 1.29 is 8.42 Å². The predicted molar refractivity (Wildman–Crippen MR) is 95.2 cm³/mol. The van der Waals surface area contributed by atoms with Crippen LogP contribution in [0.2, 0.25) is 0 Å². The van der Waals surface area contributed by atoms with Crippen LogP contribution in [-0.4, -0.2) is 19.9 Å². The van der Waals surface area contributed by atoms with Gasteiger partial charge in [-0.1, -0.05) is 29.5 Å². The van der Waals surface area contributed by atoms with E-state index in [1.807, 2.05) is 24.3 Å². The average Bonchev–Trinajstić information content (AvgIpc) is 2.96. The molecule has 0 aliphatic heterocycles. The highest BCUT2D eigenvalue weighted by molar-refractivity contribution is 7.93. The number of hydrogen-bond donors (Lipinski definition) is 1. The average molecular weight is 345 g/mol. The van der Waals surface area contributed by atoms with Gasteiger partial charge in [0, 0.05) is 5.69 Å². The fourth-order valence-corrected chi connectivity index (χ4v) is 4.70. The minimum absolute atomic E-state index is 0.145. The van der Waals surface area contributed by atoms with E-state index in [0.29, 0.717) is 10.8 Å². The molecule has 0 unspecified atom stereocenters. The summed E-state index contributed by atoms with van der Waals surface area (Å²) in [6.07, 6.45) is 1.54. The van der Waals surface area contributed by atoms with Crippen LogP contribution in [0, 0.1) is 0 Å². The fourth-order valence-electron chi connectivity index (χ4n) is 2.13. The van der Waals surface area contributed by atoms with Gasteiger partial charge in [0.15, 0.2) is 0 Å². The molecule has 0 saturated carbocycles. The monoisotopic (exact) mass is 345 g/mol. The van der Waals surface area contributed by atoms with Crippen molar-refractivity contribution in [2.45, 2.75) is 4.90 Å². The van der Waals surface area contributed by atoms with Gasteiger partial charge in [0.2, 0.25) is 5.13 Å². The van der Waals surface area contributed by atoms with Crippen LogP contribution in [0.4, 0.5) is 10.8 Å². The van der Waals surface area contributed by atoms with Gasteiger partial charge >= 0.3 is 0 Å². The van der Waals surface area contributed by atoms with E-state index < -0.39 is 10.0 Å². The molecule has 0 aliphatic rings. The molecular formula is C16H15N3O2S2. The van der Waals surface area contributed by atoms with Crippen molar-refractivity contribution in [1.82, 2.24) is 4.98 Å². The van der Waals surface area contributed by atoms with Crippen LogP contribution in [0.5, 0.6) is 0 Å². The predicted octanol–water partition coefficient (Wildman–Crippen LogP) is 3.26. The Morgan fingerprint density at radius 1 is 1.17 bits per heavy atom. The number of nitrogens with two attached hydrogens (primary N) is 1. The summed E-state index contributed by atoms with van der Waals surface area (Å²) in [7, 11) is -3.73. The molecule has 0 fully saturated rings. The van der Waals surface area contributed by atoms with Crippen LogP contribution in [0.15, 0.2) is 66.1 Å². The first-order chi connectivity index (χ1) is 11.0. The van der Waals surface area contributed by atoms with Crippen LogP contribution >= 0.6 is 11.3 Å². The molecule has 0 saturated heterocycles. The van der Waals surface area contributed by atoms with Gasteiger partial charge in [0.1, 0.15) is 0 Å². The van der Waals surface area contributed by atoms with Crippen molar-refractivity contribution in [1.29, 1.82) is 0 Å². The molecule has 0 amide bonds. The number of benzene rings is 2. The fraction of sp³-hybridized carbons (Fsp3) is 0.0625. The number of sulfonamides is 1. The topological polar surface area (TPSA) is 76.3 Å². The number of nitrogen functional groups attached to an aromatic ring is 1. The molecule has 3 rings (SSSR count). The highest BCUT2D eigenvalue weighted by Gasteiger charge is 2.26. The van der Waals surface area contributed by atoms with E-state index in [4.69, 9.17) is 5.73 Å². The van der Waals surface area contributed by atoms with Gasteiger partial charge in [-0.3, -0.25) is 0 Å². The van der Waals surface area contributed by atoms with Gasteiger partial charge < -0.3 is 5.73 Å². The molecule has 2 N–H and O–H groups in total. The number of para-hydroxylation sites is 1. The molecule has 7 heteroatoms. The van der Waals surface area contributed by atoms with Crippen molar-refractivity contribution in [3.8, 4) is 0 Å². The van der Waals surface area contributed by atoms with Crippen molar-refractivity contribution in [2.24, 2.45) is 0 Å². The van der Waals surface area contributed by atoms with Gasteiger partial charge in [0.05, 0.1) is 21.7 Å². The number of rotatable bonds is 5. The number of nitrogens with zero attached hydrogens (tertiary/aromatic N) is 2. The maximum atomic E-state index is 12.9. The third kappa shape index (κ3) is 2.93. The molecule has 0 radical (unpaired) electrons. The Labute approximate surface area is 138 Å². The lowest BCUT2D eigenvalue weighted by Gasteiger charge is -2.20. The van der Waals surface area contributed by atoms with Crippen LogP contribution < -0.4 is 10.0 Å². The number of hydrogen-bond acceptors (Lipinski definition) is 5. The van der Waals surface area contributed by atoms with Crippen LogP contribution in [0.25, 0.3) is 10.2 Å². The van der Waals surface area contributed by atoms with Crippen LogP contribution in [-0.2, 0) is 10.0 Å². The second kappa shape index (κ2) is 6.02. The van der Waals surface area contributed by atoms with Crippen LogP contribution in [0.1, 0.15) is 0 Å². The largest absolute Gasteiger partial charge is 0.399 e. The molecule has 118 valence electrons. The van der Waals surface area contributed by atoms with E-state index in [-0.39, 0.29) is 11.4 Å². The van der Waals surface area contributed by atoms with E-state index in [1.165, 1.54) is 27.8 Å². The molecule has 0 aliphatic carbocycles. The zero-order valence-corrected chi connectivity index (χ0v) is 13.8. The third-order valence-corrected chi connectivity index (χ3v) is 6.20. The minimum atomic E-state index is -3.73. The van der Waals surface area contributed by atoms with Gasteiger partial charge in [-0.25, -0.2) is 17.7 Å². The van der Waals surface area contributed by atoms with E-state index in [1.54, 1.807) is 18.2 Å². The Hall–Kier alpha value is -2.38. The number of fused-ring (bicyclic) bond motifs is 1. The Kier molecular flexibility index (Phi) is 4.06. The molecule has 23 heavy (non-hydrogen) atoms. The summed E-state index contributed by atoms with van der Waals surface area (Å²) in [5, 5.41) is 0.419. The van der Waals surface area contributed by atoms with Gasteiger partial charge in [0.25, 0.3) is 10.0 Å². The summed E-state index contributed by atoms with van der Waals surface area (Å²) >= 11 is 1.33. The zero-order valence-electron chi connectivity index (χ0n) is 12.2. The Balaban J connectivity index is 2.10. The molecule has 5 nitrogen and oxygen atoms in total. The smallest absolute Gasteiger partial charge is 0.266 e. The SMILES string of the molecule is C=CCN(c1nc2ccccc2s1)S(=O)(=O)c1ccc(N)cc1. The minimum Gasteiger partial charge on any atom is -0.399 e. The summed E-state index contributed by atoms with van der Waals surface area (Å²) < 4.78 is 28.0. The van der Waals surface area contributed by atoms with Crippen molar-refractivity contribution in [2.75, 3.05) is 16.6 Å². The van der Waals surface area contributed by atoms with Crippen LogP contribution in [0.3, 0.4) is 0 Å².